The number of hydrogen-bond acceptors (Lipinski definition) is 7. The van der Waals surface area contributed by atoms with Gasteiger partial charge in [0.15, 0.2) is 15.6 Å². The minimum Gasteiger partial charge on any atom is -0.492 e. The topological polar surface area (TPSA) is 103 Å². The van der Waals surface area contributed by atoms with Gasteiger partial charge in [0.05, 0.1) is 17.7 Å². The summed E-state index contributed by atoms with van der Waals surface area (Å²) in [7, 11) is -3.49. The zero-order valence-corrected chi connectivity index (χ0v) is 22.5. The molecule has 0 unspecified atom stereocenters. The third-order valence-electron chi connectivity index (χ3n) is 5.95. The number of aromatic nitrogens is 1. The first-order valence-electron chi connectivity index (χ1n) is 12.0. The maximum absolute atomic E-state index is 12.9. The number of amides is 1. The van der Waals surface area contributed by atoms with Gasteiger partial charge in [0.25, 0.3) is 0 Å². The number of hydrogen-bond donors (Lipinski definition) is 0. The SMILES string of the molecule is CC(C)(C)CC(=O)N1CCC(COc2cnc(-c3ccc(S(C)(=O)=O)cc3)c(OC(=O)C(F)(F)F)c2)CC1. The molecule has 1 aromatic heterocycles. The second-order valence-electron chi connectivity index (χ2n) is 10.6. The molecule has 1 aliphatic heterocycles. The number of likely N-dealkylation sites (tertiary alicyclic amines) is 1. The largest absolute Gasteiger partial charge is 0.492 e. The van der Waals surface area contributed by atoms with E-state index >= 15 is 0 Å². The Bertz CT molecular complexity index is 1260. The summed E-state index contributed by atoms with van der Waals surface area (Å²) in [6.07, 6.45) is -1.02. The molecule has 0 saturated carbocycles. The molecule has 1 fully saturated rings. The predicted molar refractivity (Wildman–Crippen MR) is 133 cm³/mol. The fourth-order valence-electron chi connectivity index (χ4n) is 3.95. The van der Waals surface area contributed by atoms with Crippen LogP contribution in [0.3, 0.4) is 0 Å². The van der Waals surface area contributed by atoms with Crippen LogP contribution in [0.2, 0.25) is 0 Å². The first-order valence-corrected chi connectivity index (χ1v) is 13.9. The number of rotatable bonds is 7. The van der Waals surface area contributed by atoms with Crippen LogP contribution in [-0.2, 0) is 19.4 Å². The molecular weight excluding hydrogens is 525 g/mol. The average Bonchev–Trinajstić information content (AvgIpc) is 2.81. The maximum Gasteiger partial charge on any atom is 0.491 e. The van der Waals surface area contributed by atoms with Gasteiger partial charge in [0.2, 0.25) is 5.91 Å². The summed E-state index contributed by atoms with van der Waals surface area (Å²) >= 11 is 0. The average molecular weight is 557 g/mol. The maximum atomic E-state index is 12.9. The zero-order chi connectivity index (χ0) is 28.3. The normalized spacial score (nSPS) is 15.3. The lowest BCUT2D eigenvalue weighted by molar-refractivity contribution is -0.189. The molecule has 1 aromatic carbocycles. The Labute approximate surface area is 220 Å². The molecule has 38 heavy (non-hydrogen) atoms. The van der Waals surface area contributed by atoms with Crippen LogP contribution in [-0.4, -0.2) is 62.3 Å². The number of piperidine rings is 1. The van der Waals surface area contributed by atoms with E-state index in [0.29, 0.717) is 32.4 Å². The van der Waals surface area contributed by atoms with E-state index in [-0.39, 0.29) is 45.7 Å². The van der Waals surface area contributed by atoms with Gasteiger partial charge >= 0.3 is 12.1 Å². The van der Waals surface area contributed by atoms with Crippen molar-refractivity contribution in [2.24, 2.45) is 11.3 Å². The van der Waals surface area contributed by atoms with E-state index in [0.717, 1.165) is 12.3 Å². The third-order valence-corrected chi connectivity index (χ3v) is 7.08. The second kappa shape index (κ2) is 11.3. The summed E-state index contributed by atoms with van der Waals surface area (Å²) in [6, 6.07) is 6.44. The van der Waals surface area contributed by atoms with Gasteiger partial charge in [-0.3, -0.25) is 4.79 Å². The van der Waals surface area contributed by atoms with Crippen molar-refractivity contribution in [3.8, 4) is 22.8 Å². The van der Waals surface area contributed by atoms with Crippen LogP contribution in [0.1, 0.15) is 40.0 Å². The van der Waals surface area contributed by atoms with E-state index < -0.39 is 27.7 Å². The summed E-state index contributed by atoms with van der Waals surface area (Å²) in [5, 5.41) is 0. The Hall–Kier alpha value is -3.15. The molecular formula is C26H31F3N2O6S. The Morgan fingerprint density at radius 2 is 1.68 bits per heavy atom. The molecule has 0 aliphatic carbocycles. The first-order chi connectivity index (χ1) is 17.5. The summed E-state index contributed by atoms with van der Waals surface area (Å²) in [5.74, 6) is -2.55. The molecule has 1 aliphatic rings. The van der Waals surface area contributed by atoms with E-state index in [1.165, 1.54) is 30.5 Å². The standard InChI is InChI=1S/C26H31F3N2O6S/c1-25(2,3)14-22(32)31-11-9-17(10-12-31)16-36-19-13-21(37-24(33)26(27,28)29)23(30-15-19)18-5-7-20(8-6-18)38(4,34)35/h5-8,13,15,17H,9-12,14,16H2,1-4H3. The second-order valence-corrected chi connectivity index (χ2v) is 12.6. The fourth-order valence-corrected chi connectivity index (χ4v) is 4.58. The van der Waals surface area contributed by atoms with E-state index in [4.69, 9.17) is 4.74 Å². The van der Waals surface area contributed by atoms with Crippen LogP contribution < -0.4 is 9.47 Å². The van der Waals surface area contributed by atoms with Crippen molar-refractivity contribution in [2.75, 3.05) is 26.0 Å². The van der Waals surface area contributed by atoms with E-state index in [2.05, 4.69) is 9.72 Å². The highest BCUT2D eigenvalue weighted by Crippen LogP contribution is 2.34. The van der Waals surface area contributed by atoms with Crippen molar-refractivity contribution >= 4 is 21.7 Å². The van der Waals surface area contributed by atoms with Gasteiger partial charge in [0, 0.05) is 37.4 Å². The Morgan fingerprint density at radius 1 is 1.08 bits per heavy atom. The summed E-state index contributed by atoms with van der Waals surface area (Å²) in [4.78, 5) is 30.0. The molecule has 0 N–H and O–H groups in total. The molecule has 2 aromatic rings. The van der Waals surface area contributed by atoms with E-state index in [1.54, 1.807) is 0 Å². The molecule has 12 heteroatoms. The van der Waals surface area contributed by atoms with Crippen LogP contribution in [0.15, 0.2) is 41.4 Å². The number of alkyl halides is 3. The van der Waals surface area contributed by atoms with Crippen molar-refractivity contribution in [3.63, 3.8) is 0 Å². The molecule has 0 bridgehead atoms. The van der Waals surface area contributed by atoms with Crippen LogP contribution in [0.5, 0.6) is 11.5 Å². The van der Waals surface area contributed by atoms with Crippen molar-refractivity contribution in [1.29, 1.82) is 0 Å². The summed E-state index contributed by atoms with van der Waals surface area (Å²) in [5.41, 5.74) is 0.0704. The highest BCUT2D eigenvalue weighted by molar-refractivity contribution is 7.90. The Balaban J connectivity index is 1.72. The lowest BCUT2D eigenvalue weighted by Crippen LogP contribution is -2.40. The van der Waals surface area contributed by atoms with Crippen molar-refractivity contribution in [3.05, 3.63) is 36.5 Å². The molecule has 3 rings (SSSR count). The quantitative estimate of drug-likeness (QED) is 0.457. The number of nitrogens with zero attached hydrogens (tertiary/aromatic N) is 2. The molecule has 8 nitrogen and oxygen atoms in total. The molecule has 208 valence electrons. The number of carbonyl (C=O) groups excluding carboxylic acids is 2. The Morgan fingerprint density at radius 3 is 2.21 bits per heavy atom. The minimum atomic E-state index is -5.23. The summed E-state index contributed by atoms with van der Waals surface area (Å²) in [6.45, 7) is 7.47. The van der Waals surface area contributed by atoms with E-state index in [1.807, 2.05) is 25.7 Å². The number of sulfone groups is 1. The molecule has 0 atom stereocenters. The molecule has 1 amide bonds. The van der Waals surface area contributed by atoms with Gasteiger partial charge in [0.1, 0.15) is 11.4 Å². The smallest absolute Gasteiger partial charge is 0.491 e. The molecule has 2 heterocycles. The monoisotopic (exact) mass is 556 g/mol. The number of halogens is 3. The number of ether oxygens (including phenoxy) is 2. The predicted octanol–water partition coefficient (Wildman–Crippen LogP) is 4.67. The van der Waals surface area contributed by atoms with Crippen LogP contribution in [0.4, 0.5) is 13.2 Å². The van der Waals surface area contributed by atoms with Crippen molar-refractivity contribution < 1.29 is 40.7 Å². The number of pyridine rings is 1. The molecule has 0 spiro atoms. The van der Waals surface area contributed by atoms with E-state index in [9.17, 15) is 31.2 Å². The number of esters is 1. The van der Waals surface area contributed by atoms with Gasteiger partial charge < -0.3 is 14.4 Å². The number of benzene rings is 1. The van der Waals surface area contributed by atoms with Crippen molar-refractivity contribution in [1.82, 2.24) is 9.88 Å². The lowest BCUT2D eigenvalue weighted by atomic mass is 9.90. The van der Waals surface area contributed by atoms with Crippen molar-refractivity contribution in [2.45, 2.75) is 51.1 Å². The van der Waals surface area contributed by atoms with Crippen LogP contribution >= 0.6 is 0 Å². The van der Waals surface area contributed by atoms with Crippen LogP contribution in [0, 0.1) is 11.3 Å². The van der Waals surface area contributed by atoms with Gasteiger partial charge in [-0.2, -0.15) is 13.2 Å². The highest BCUT2D eigenvalue weighted by Gasteiger charge is 2.42. The van der Waals surface area contributed by atoms with Gasteiger partial charge in [-0.1, -0.05) is 32.9 Å². The summed E-state index contributed by atoms with van der Waals surface area (Å²) < 4.78 is 72.5. The third kappa shape index (κ3) is 8.17. The number of carbonyl (C=O) groups is 2. The molecule has 0 radical (unpaired) electrons. The molecule has 1 saturated heterocycles. The van der Waals surface area contributed by atoms with Gasteiger partial charge in [-0.25, -0.2) is 18.2 Å². The minimum absolute atomic E-state index is 0.0150. The first kappa shape index (κ1) is 29.4. The fraction of sp³-hybridized carbons (Fsp3) is 0.500. The Kier molecular flexibility index (Phi) is 8.75. The zero-order valence-electron chi connectivity index (χ0n) is 21.7. The van der Waals surface area contributed by atoms with Gasteiger partial charge in [-0.05, 0) is 36.3 Å². The lowest BCUT2D eigenvalue weighted by Gasteiger charge is -2.33. The van der Waals surface area contributed by atoms with Crippen LogP contribution in [0.25, 0.3) is 11.3 Å². The van der Waals surface area contributed by atoms with Gasteiger partial charge in [-0.15, -0.1) is 0 Å². The highest BCUT2D eigenvalue weighted by atomic mass is 32.2.